The quantitative estimate of drug-likeness (QED) is 0.387. The van der Waals surface area contributed by atoms with Crippen LogP contribution in [0.3, 0.4) is 0 Å². The fourth-order valence-electron chi connectivity index (χ4n) is 0.694. The summed E-state index contributed by atoms with van der Waals surface area (Å²) < 4.78 is 14.4. The first-order chi connectivity index (χ1) is 5.56. The van der Waals surface area contributed by atoms with Crippen molar-refractivity contribution in [2.75, 3.05) is 5.75 Å². The van der Waals surface area contributed by atoms with E-state index < -0.39 is 7.82 Å². The number of hydrogen-bond acceptors (Lipinski definition) is 3. The van der Waals surface area contributed by atoms with Gasteiger partial charge in [-0.25, -0.2) is 8.54 Å². The van der Waals surface area contributed by atoms with E-state index in [0.29, 0.717) is 5.75 Å². The summed E-state index contributed by atoms with van der Waals surface area (Å²) in [6, 6.07) is 0. The molecule has 74 valence electrons. The third-order valence-electron chi connectivity index (χ3n) is 1.23. The molecule has 0 aliphatic heterocycles. The lowest BCUT2D eigenvalue weighted by molar-refractivity contribution is 0.298. The molecule has 0 bridgehead atoms. The van der Waals surface area contributed by atoms with Gasteiger partial charge in [0.15, 0.2) is 0 Å². The van der Waals surface area contributed by atoms with Crippen LogP contribution in [0.15, 0.2) is 0 Å². The number of unbranched alkanes of at least 4 members (excludes halogenated alkanes) is 3. The molecule has 6 heteroatoms. The molecule has 0 aliphatic carbocycles. The van der Waals surface area contributed by atoms with Crippen LogP contribution in [0.25, 0.3) is 0 Å². The zero-order valence-electron chi connectivity index (χ0n) is 7.10. The average Bonchev–Trinajstić information content (AvgIpc) is 1.94. The molecular weight excluding hydrogens is 199 g/mol. The second-order valence-corrected chi connectivity index (χ2v) is 4.67. The van der Waals surface area contributed by atoms with E-state index in [9.17, 15) is 4.57 Å². The highest BCUT2D eigenvalue weighted by Crippen LogP contribution is 2.40. The van der Waals surface area contributed by atoms with E-state index in [1.54, 1.807) is 0 Å². The molecule has 2 N–H and O–H groups in total. The van der Waals surface area contributed by atoms with Gasteiger partial charge in [-0.3, -0.25) is 0 Å². The Balaban J connectivity index is 3.06. The predicted octanol–water partition coefficient (Wildman–Crippen LogP) is 2.32. The monoisotopic (exact) mass is 214 g/mol. The van der Waals surface area contributed by atoms with Crippen molar-refractivity contribution in [2.45, 2.75) is 32.6 Å². The average molecular weight is 214 g/mol. The Morgan fingerprint density at radius 2 is 2.00 bits per heavy atom. The molecular formula is C6H15O4PS. The Morgan fingerprint density at radius 1 is 1.33 bits per heavy atom. The van der Waals surface area contributed by atoms with Crippen LogP contribution in [-0.4, -0.2) is 15.5 Å². The van der Waals surface area contributed by atoms with E-state index in [4.69, 9.17) is 9.79 Å². The summed E-state index contributed by atoms with van der Waals surface area (Å²) in [5, 5.41) is 0. The maximum Gasteiger partial charge on any atom is 0.480 e. The smallest absolute Gasteiger partial charge is 0.302 e. The molecule has 0 heterocycles. The minimum absolute atomic E-state index is 0.644. The normalized spacial score (nSPS) is 11.9. The lowest BCUT2D eigenvalue weighted by Gasteiger charge is -2.02. The van der Waals surface area contributed by atoms with Gasteiger partial charge in [-0.05, 0) is 6.42 Å². The molecule has 0 radical (unpaired) electrons. The first-order valence-corrected chi connectivity index (χ1v) is 6.37. The minimum Gasteiger partial charge on any atom is -0.302 e. The molecule has 0 atom stereocenters. The van der Waals surface area contributed by atoms with E-state index in [2.05, 4.69) is 10.9 Å². The molecule has 0 rings (SSSR count). The highest BCUT2D eigenvalue weighted by molar-refractivity contribution is 7.97. The minimum atomic E-state index is -4.26. The second kappa shape index (κ2) is 6.92. The second-order valence-electron chi connectivity index (χ2n) is 2.45. The zero-order chi connectivity index (χ0) is 9.45. The maximum atomic E-state index is 10.2. The van der Waals surface area contributed by atoms with Crippen LogP contribution in [0.5, 0.6) is 0 Å². The summed E-state index contributed by atoms with van der Waals surface area (Å²) >= 11 is 0.848. The molecule has 0 fully saturated rings. The van der Waals surface area contributed by atoms with Crippen molar-refractivity contribution in [3.05, 3.63) is 0 Å². The zero-order valence-corrected chi connectivity index (χ0v) is 8.81. The molecule has 0 aromatic heterocycles. The molecule has 0 amide bonds. The first kappa shape index (κ1) is 12.5. The van der Waals surface area contributed by atoms with Crippen molar-refractivity contribution < 1.29 is 18.3 Å². The van der Waals surface area contributed by atoms with E-state index in [1.165, 1.54) is 0 Å². The van der Waals surface area contributed by atoms with Crippen LogP contribution in [0.2, 0.25) is 0 Å². The number of phosphoric acid groups is 1. The standard InChI is InChI=1S/C6H15O4PS/c1-2-3-4-5-6-12-10-11(7,8)9/h2-6H2,1H3,(H2,7,8,9). The molecule has 12 heavy (non-hydrogen) atoms. The molecule has 4 nitrogen and oxygen atoms in total. The van der Waals surface area contributed by atoms with Gasteiger partial charge in [0.25, 0.3) is 0 Å². The van der Waals surface area contributed by atoms with Crippen molar-refractivity contribution in [3.63, 3.8) is 0 Å². The van der Waals surface area contributed by atoms with Gasteiger partial charge < -0.3 is 9.79 Å². The van der Waals surface area contributed by atoms with Crippen LogP contribution in [0, 0.1) is 0 Å². The Hall–Kier alpha value is 0.460. The van der Waals surface area contributed by atoms with Gasteiger partial charge in [-0.15, -0.1) is 0 Å². The Kier molecular flexibility index (Phi) is 7.19. The summed E-state index contributed by atoms with van der Waals surface area (Å²) in [7, 11) is -4.26. The van der Waals surface area contributed by atoms with Gasteiger partial charge in [0.1, 0.15) is 0 Å². The predicted molar refractivity (Wildman–Crippen MR) is 49.7 cm³/mol. The summed E-state index contributed by atoms with van der Waals surface area (Å²) in [4.78, 5) is 16.6. The Bertz CT molecular complexity index is 146. The van der Waals surface area contributed by atoms with Crippen LogP contribution in [-0.2, 0) is 8.54 Å². The SMILES string of the molecule is CCCCCCSOP(=O)(O)O. The van der Waals surface area contributed by atoms with Crippen LogP contribution in [0.1, 0.15) is 32.6 Å². The molecule has 0 unspecified atom stereocenters. The summed E-state index contributed by atoms with van der Waals surface area (Å²) in [6.07, 6.45) is 4.35. The van der Waals surface area contributed by atoms with Crippen molar-refractivity contribution >= 4 is 19.9 Å². The van der Waals surface area contributed by atoms with E-state index in [1.807, 2.05) is 0 Å². The summed E-state index contributed by atoms with van der Waals surface area (Å²) in [5.41, 5.74) is 0. The molecule has 0 saturated carbocycles. The van der Waals surface area contributed by atoms with Gasteiger partial charge >= 0.3 is 7.82 Å². The fourth-order valence-corrected chi connectivity index (χ4v) is 1.86. The third kappa shape index (κ3) is 10.5. The number of hydrogen-bond donors (Lipinski definition) is 2. The van der Waals surface area contributed by atoms with E-state index in [-0.39, 0.29) is 0 Å². The van der Waals surface area contributed by atoms with Gasteiger partial charge in [-0.2, -0.15) is 0 Å². The fraction of sp³-hybridized carbons (Fsp3) is 1.00. The first-order valence-electron chi connectivity index (χ1n) is 3.93. The lowest BCUT2D eigenvalue weighted by atomic mass is 10.2. The Labute approximate surface area is 77.1 Å². The topological polar surface area (TPSA) is 66.8 Å². The van der Waals surface area contributed by atoms with Crippen LogP contribution in [0.4, 0.5) is 0 Å². The molecule has 0 saturated heterocycles. The van der Waals surface area contributed by atoms with Crippen molar-refractivity contribution in [1.82, 2.24) is 0 Å². The maximum absolute atomic E-state index is 10.2. The van der Waals surface area contributed by atoms with Crippen molar-refractivity contribution in [3.8, 4) is 0 Å². The third-order valence-corrected chi connectivity index (χ3v) is 2.88. The molecule has 0 spiro atoms. The van der Waals surface area contributed by atoms with Crippen LogP contribution >= 0.6 is 19.9 Å². The van der Waals surface area contributed by atoms with E-state index in [0.717, 1.165) is 37.7 Å². The lowest BCUT2D eigenvalue weighted by Crippen LogP contribution is -1.83. The van der Waals surface area contributed by atoms with Crippen LogP contribution < -0.4 is 0 Å². The molecule has 0 aromatic carbocycles. The van der Waals surface area contributed by atoms with E-state index >= 15 is 0 Å². The van der Waals surface area contributed by atoms with Crippen molar-refractivity contribution in [1.29, 1.82) is 0 Å². The highest BCUT2D eigenvalue weighted by Gasteiger charge is 2.13. The van der Waals surface area contributed by atoms with Gasteiger partial charge in [-0.1, -0.05) is 26.2 Å². The largest absolute Gasteiger partial charge is 0.480 e. The summed E-state index contributed by atoms with van der Waals surface area (Å²) in [6.45, 7) is 2.11. The highest BCUT2D eigenvalue weighted by atomic mass is 32.2. The molecule has 0 aliphatic rings. The molecule has 0 aromatic rings. The van der Waals surface area contributed by atoms with Gasteiger partial charge in [0.05, 0.1) is 0 Å². The van der Waals surface area contributed by atoms with Gasteiger partial charge in [0, 0.05) is 17.8 Å². The summed E-state index contributed by atoms with van der Waals surface area (Å²) in [5.74, 6) is 0.644. The van der Waals surface area contributed by atoms with Gasteiger partial charge in [0.2, 0.25) is 0 Å². The Morgan fingerprint density at radius 3 is 2.50 bits per heavy atom. The number of rotatable bonds is 7. The van der Waals surface area contributed by atoms with Crippen molar-refractivity contribution in [2.24, 2.45) is 0 Å².